The van der Waals surface area contributed by atoms with Gasteiger partial charge in [0.05, 0.1) is 30.8 Å². The number of ether oxygens (including phenoxy) is 2. The lowest BCUT2D eigenvalue weighted by molar-refractivity contribution is -0.160. The van der Waals surface area contributed by atoms with Gasteiger partial charge in [0.15, 0.2) is 0 Å². The molecule has 218 valence electrons. The van der Waals surface area contributed by atoms with Crippen molar-refractivity contribution in [3.8, 4) is 0 Å². The van der Waals surface area contributed by atoms with E-state index in [2.05, 4.69) is 13.2 Å². The number of carbonyl (C=O) groups is 3. The third-order valence-electron chi connectivity index (χ3n) is 9.40. The minimum atomic E-state index is -1.21. The van der Waals surface area contributed by atoms with Crippen LogP contribution in [0.4, 0.5) is 5.69 Å². The van der Waals surface area contributed by atoms with Crippen molar-refractivity contribution in [1.82, 2.24) is 4.90 Å². The van der Waals surface area contributed by atoms with Crippen molar-refractivity contribution in [2.45, 2.75) is 83.6 Å². The molecule has 0 saturated carbocycles. The molecule has 2 amide bonds. The van der Waals surface area contributed by atoms with Gasteiger partial charge in [0.1, 0.15) is 17.6 Å². The number of aliphatic hydroxyl groups is 1. The number of para-hydroxylation sites is 1. The second-order valence-electron chi connectivity index (χ2n) is 11.8. The van der Waals surface area contributed by atoms with E-state index >= 15 is 0 Å². The first-order valence-electron chi connectivity index (χ1n) is 14.4. The summed E-state index contributed by atoms with van der Waals surface area (Å²) < 4.78 is 12.3. The summed E-state index contributed by atoms with van der Waals surface area (Å²) in [4.78, 5) is 46.0. The van der Waals surface area contributed by atoms with Gasteiger partial charge >= 0.3 is 5.97 Å². The molecule has 2 unspecified atom stereocenters. The van der Waals surface area contributed by atoms with E-state index in [1.54, 1.807) is 22.0 Å². The van der Waals surface area contributed by atoms with Gasteiger partial charge in [-0.05, 0) is 57.1 Å². The molecule has 1 spiro atoms. The first kappa shape index (κ1) is 30.0. The molecule has 7 atom stereocenters. The molecule has 0 aromatic heterocycles. The Bertz CT molecular complexity index is 1160. The average Bonchev–Trinajstić information content (AvgIpc) is 3.49. The third-order valence-corrected chi connectivity index (χ3v) is 9.40. The Balaban J connectivity index is 1.87. The Morgan fingerprint density at radius 3 is 2.50 bits per heavy atom. The predicted molar refractivity (Wildman–Crippen MR) is 154 cm³/mol. The number of likely N-dealkylation sites (tertiary alicyclic amines) is 1. The van der Waals surface area contributed by atoms with Crippen LogP contribution in [0.15, 0.2) is 43.5 Å². The van der Waals surface area contributed by atoms with Crippen LogP contribution in [0, 0.1) is 31.6 Å². The van der Waals surface area contributed by atoms with E-state index in [-0.39, 0.29) is 37.5 Å². The molecule has 0 aliphatic carbocycles. The van der Waals surface area contributed by atoms with Crippen molar-refractivity contribution in [1.29, 1.82) is 0 Å². The van der Waals surface area contributed by atoms with Crippen LogP contribution in [0.25, 0.3) is 0 Å². The van der Waals surface area contributed by atoms with Crippen LogP contribution in [-0.4, -0.2) is 70.8 Å². The Hall–Kier alpha value is -2.97. The summed E-state index contributed by atoms with van der Waals surface area (Å²) >= 11 is 0. The van der Waals surface area contributed by atoms with Gasteiger partial charge in [-0.3, -0.25) is 14.4 Å². The van der Waals surface area contributed by atoms with Gasteiger partial charge in [0, 0.05) is 12.2 Å². The highest BCUT2D eigenvalue weighted by Gasteiger charge is 2.79. The number of nitrogens with zero attached hydrogens (tertiary/aromatic N) is 2. The van der Waals surface area contributed by atoms with Crippen LogP contribution in [-0.2, 0) is 23.9 Å². The molecule has 3 aliphatic heterocycles. The van der Waals surface area contributed by atoms with Crippen molar-refractivity contribution in [2.75, 3.05) is 24.7 Å². The van der Waals surface area contributed by atoms with Gasteiger partial charge in [0.2, 0.25) is 5.91 Å². The number of amides is 2. The molecule has 4 rings (SSSR count). The maximum atomic E-state index is 14.8. The molecule has 3 saturated heterocycles. The summed E-state index contributed by atoms with van der Waals surface area (Å²) in [7, 11) is 0. The molecule has 1 aromatic carbocycles. The van der Waals surface area contributed by atoms with E-state index in [0.29, 0.717) is 25.7 Å². The molecule has 1 aromatic rings. The second kappa shape index (κ2) is 11.5. The van der Waals surface area contributed by atoms with Crippen LogP contribution in [0.5, 0.6) is 0 Å². The monoisotopic (exact) mass is 552 g/mol. The summed E-state index contributed by atoms with van der Waals surface area (Å²) in [5.74, 6) is -2.91. The molecule has 0 radical (unpaired) electrons. The second-order valence-corrected chi connectivity index (χ2v) is 11.8. The predicted octanol–water partition coefficient (Wildman–Crippen LogP) is 4.11. The first-order valence-corrected chi connectivity index (χ1v) is 14.4. The maximum Gasteiger partial charge on any atom is 0.312 e. The van der Waals surface area contributed by atoms with E-state index < -0.39 is 41.1 Å². The Kier molecular flexibility index (Phi) is 8.62. The highest BCUT2D eigenvalue weighted by Crippen LogP contribution is 2.64. The van der Waals surface area contributed by atoms with Crippen molar-refractivity contribution >= 4 is 23.5 Å². The number of aryl methyl sites for hydroxylation is 2. The fraction of sp³-hybridized carbons (Fsp3) is 0.594. The molecule has 2 bridgehead atoms. The van der Waals surface area contributed by atoms with Crippen molar-refractivity contribution in [3.05, 3.63) is 54.6 Å². The minimum absolute atomic E-state index is 0.0849. The molecule has 8 heteroatoms. The zero-order valence-electron chi connectivity index (χ0n) is 24.5. The number of fused-ring (bicyclic) bond motifs is 1. The summed E-state index contributed by atoms with van der Waals surface area (Å²) in [5.41, 5.74) is 0.481. The number of esters is 1. The van der Waals surface area contributed by atoms with Crippen molar-refractivity contribution < 1.29 is 29.0 Å². The molecule has 3 fully saturated rings. The molecule has 40 heavy (non-hydrogen) atoms. The quantitative estimate of drug-likeness (QED) is 0.238. The topological polar surface area (TPSA) is 96.4 Å². The highest BCUT2D eigenvalue weighted by atomic mass is 16.6. The van der Waals surface area contributed by atoms with E-state index in [1.165, 1.54) is 0 Å². The number of benzene rings is 1. The number of aliphatic hydroxyl groups excluding tert-OH is 1. The van der Waals surface area contributed by atoms with Gasteiger partial charge in [-0.25, -0.2) is 0 Å². The summed E-state index contributed by atoms with van der Waals surface area (Å²) in [6.45, 7) is 17.4. The molecular formula is C32H44N2O6. The molecule has 3 aliphatic rings. The van der Waals surface area contributed by atoms with E-state index in [0.717, 1.165) is 16.8 Å². The van der Waals surface area contributed by atoms with Crippen LogP contribution in [0.1, 0.15) is 57.6 Å². The van der Waals surface area contributed by atoms with Crippen LogP contribution in [0.2, 0.25) is 0 Å². The number of hydrogen-bond acceptors (Lipinski definition) is 6. The summed E-state index contributed by atoms with van der Waals surface area (Å²) in [6.07, 6.45) is 5.52. The lowest BCUT2D eigenvalue weighted by atomic mass is 9.66. The van der Waals surface area contributed by atoms with E-state index in [4.69, 9.17) is 9.47 Å². The van der Waals surface area contributed by atoms with Gasteiger partial charge in [-0.1, -0.05) is 50.6 Å². The van der Waals surface area contributed by atoms with Crippen molar-refractivity contribution in [3.63, 3.8) is 0 Å². The Morgan fingerprint density at radius 2 is 1.93 bits per heavy atom. The molecular weight excluding hydrogens is 508 g/mol. The van der Waals surface area contributed by atoms with Crippen LogP contribution >= 0.6 is 0 Å². The van der Waals surface area contributed by atoms with Gasteiger partial charge in [-0.2, -0.15) is 0 Å². The van der Waals surface area contributed by atoms with Gasteiger partial charge in [0.25, 0.3) is 5.91 Å². The fourth-order valence-electron chi connectivity index (χ4n) is 7.30. The number of anilines is 1. The summed E-state index contributed by atoms with van der Waals surface area (Å²) in [5, 5.41) is 10.6. The maximum absolute atomic E-state index is 14.8. The average molecular weight is 553 g/mol. The molecule has 8 nitrogen and oxygen atoms in total. The number of hydrogen-bond donors (Lipinski definition) is 1. The zero-order chi connectivity index (χ0) is 29.4. The van der Waals surface area contributed by atoms with E-state index in [9.17, 15) is 19.5 Å². The smallest absolute Gasteiger partial charge is 0.312 e. The first-order chi connectivity index (χ1) is 19.0. The van der Waals surface area contributed by atoms with Gasteiger partial charge < -0.3 is 24.4 Å². The normalized spacial score (nSPS) is 30.1. The third kappa shape index (κ3) is 4.59. The lowest BCUT2D eigenvalue weighted by Crippen LogP contribution is -2.60. The number of carbonyl (C=O) groups excluding carboxylic acids is 3. The number of rotatable bonds is 12. The molecule has 1 N–H and O–H groups in total. The van der Waals surface area contributed by atoms with Gasteiger partial charge in [-0.15, -0.1) is 13.2 Å². The van der Waals surface area contributed by atoms with Crippen LogP contribution in [0.3, 0.4) is 0 Å². The highest BCUT2D eigenvalue weighted by molar-refractivity contribution is 6.05. The van der Waals surface area contributed by atoms with E-state index in [1.807, 2.05) is 52.8 Å². The zero-order valence-corrected chi connectivity index (χ0v) is 24.5. The molecule has 3 heterocycles. The fourth-order valence-corrected chi connectivity index (χ4v) is 7.30. The van der Waals surface area contributed by atoms with Crippen LogP contribution < -0.4 is 4.90 Å². The minimum Gasteiger partial charge on any atom is -0.465 e. The van der Waals surface area contributed by atoms with Crippen molar-refractivity contribution in [2.24, 2.45) is 17.8 Å². The SMILES string of the molecule is C=CCCOC(=O)[C@@H]1[C@H]2C(=O)N([C@@H](CO)[C@@H](C)CC)C(C(=O)N(CC=C)c3c(C)cccc3C)C23CC[C@@]1(C)O3. The Labute approximate surface area is 238 Å². The summed E-state index contributed by atoms with van der Waals surface area (Å²) in [6, 6.07) is 4.23. The largest absolute Gasteiger partial charge is 0.465 e. The standard InChI is InChI=1S/C32H44N2O6/c1-8-11-18-39-30(38)25-24-28(36)34(23(19-35)20(4)10-3)27(32(24)16-15-31(25,7)40-32)29(37)33(17-9-2)26-21(5)13-12-14-22(26)6/h8-9,12-14,20,23-25,27,35H,1-2,10-11,15-19H2,3-7H3/t20-,23-,24-,25-,27?,31+,32?/m0/s1. The lowest BCUT2D eigenvalue weighted by Gasteiger charge is -2.41. The Morgan fingerprint density at radius 1 is 1.25 bits per heavy atom.